The Morgan fingerprint density at radius 1 is 1.19 bits per heavy atom. The molecule has 0 heterocycles. The maximum Gasteiger partial charge on any atom is 0.238 e. The third-order valence-corrected chi connectivity index (χ3v) is 2.88. The second-order valence-electron chi connectivity index (χ2n) is 4.51. The first-order valence-electron chi connectivity index (χ1n) is 6.56. The summed E-state index contributed by atoms with van der Waals surface area (Å²) in [6.07, 6.45) is 0. The zero-order valence-corrected chi connectivity index (χ0v) is 11.7. The third kappa shape index (κ3) is 4.89. The van der Waals surface area contributed by atoms with Gasteiger partial charge in [-0.1, -0.05) is 12.1 Å². The summed E-state index contributed by atoms with van der Waals surface area (Å²) in [5.41, 5.74) is 1.50. The van der Waals surface area contributed by atoms with Crippen LogP contribution in [-0.4, -0.2) is 19.6 Å². The third-order valence-electron chi connectivity index (χ3n) is 2.88. The number of anilines is 1. The number of ether oxygens (including phenoxy) is 1. The smallest absolute Gasteiger partial charge is 0.238 e. The van der Waals surface area contributed by atoms with Crippen molar-refractivity contribution in [3.8, 4) is 5.75 Å². The average molecular weight is 288 g/mol. The van der Waals surface area contributed by atoms with Gasteiger partial charge in [-0.25, -0.2) is 4.39 Å². The summed E-state index contributed by atoms with van der Waals surface area (Å²) in [4.78, 5) is 11.7. The standard InChI is InChI=1S/C16H17FN2O2/c1-21-15-7-5-14(6-8-15)19-16(20)11-18-10-12-3-2-4-13(17)9-12/h2-9,18H,10-11H2,1H3,(H,19,20). The van der Waals surface area contributed by atoms with Crippen LogP contribution in [0.2, 0.25) is 0 Å². The minimum atomic E-state index is -0.281. The second kappa shape index (κ2) is 7.40. The number of hydrogen-bond acceptors (Lipinski definition) is 3. The zero-order valence-electron chi connectivity index (χ0n) is 11.7. The Hall–Kier alpha value is -2.40. The van der Waals surface area contributed by atoms with Crippen molar-refractivity contribution >= 4 is 11.6 Å². The molecule has 0 aliphatic rings. The molecule has 0 bridgehead atoms. The molecule has 2 aromatic rings. The van der Waals surface area contributed by atoms with E-state index in [2.05, 4.69) is 10.6 Å². The van der Waals surface area contributed by atoms with Crippen molar-refractivity contribution in [2.24, 2.45) is 0 Å². The van der Waals surface area contributed by atoms with Gasteiger partial charge in [0.15, 0.2) is 0 Å². The van der Waals surface area contributed by atoms with Gasteiger partial charge >= 0.3 is 0 Å². The van der Waals surface area contributed by atoms with E-state index in [-0.39, 0.29) is 18.3 Å². The minimum Gasteiger partial charge on any atom is -0.497 e. The van der Waals surface area contributed by atoms with Crippen molar-refractivity contribution in [1.29, 1.82) is 0 Å². The van der Waals surface area contributed by atoms with Crippen molar-refractivity contribution in [3.05, 3.63) is 59.9 Å². The molecule has 0 fully saturated rings. The number of carbonyl (C=O) groups is 1. The van der Waals surface area contributed by atoms with E-state index in [1.807, 2.05) is 0 Å². The quantitative estimate of drug-likeness (QED) is 0.859. The van der Waals surface area contributed by atoms with E-state index in [1.165, 1.54) is 12.1 Å². The monoisotopic (exact) mass is 288 g/mol. The van der Waals surface area contributed by atoms with Gasteiger partial charge in [0.25, 0.3) is 0 Å². The van der Waals surface area contributed by atoms with Crippen LogP contribution in [0.1, 0.15) is 5.56 Å². The Bertz CT molecular complexity index is 599. The highest BCUT2D eigenvalue weighted by Crippen LogP contribution is 2.14. The Labute approximate surface area is 122 Å². The van der Waals surface area contributed by atoms with E-state index < -0.39 is 0 Å². The van der Waals surface area contributed by atoms with E-state index in [1.54, 1.807) is 43.5 Å². The predicted molar refractivity (Wildman–Crippen MR) is 79.7 cm³/mol. The highest BCUT2D eigenvalue weighted by atomic mass is 19.1. The summed E-state index contributed by atoms with van der Waals surface area (Å²) < 4.78 is 18.0. The summed E-state index contributed by atoms with van der Waals surface area (Å²) in [5.74, 6) is 0.297. The maximum atomic E-state index is 13.0. The summed E-state index contributed by atoms with van der Waals surface area (Å²) in [6.45, 7) is 0.594. The van der Waals surface area contributed by atoms with Gasteiger partial charge < -0.3 is 15.4 Å². The lowest BCUT2D eigenvalue weighted by atomic mass is 10.2. The SMILES string of the molecule is COc1ccc(NC(=O)CNCc2cccc(F)c2)cc1. The molecule has 2 rings (SSSR count). The van der Waals surface area contributed by atoms with Crippen molar-refractivity contribution in [1.82, 2.24) is 5.32 Å². The van der Waals surface area contributed by atoms with Gasteiger partial charge in [0.1, 0.15) is 11.6 Å². The molecule has 0 spiro atoms. The Morgan fingerprint density at radius 2 is 1.95 bits per heavy atom. The number of hydrogen-bond donors (Lipinski definition) is 2. The lowest BCUT2D eigenvalue weighted by Crippen LogP contribution is -2.27. The predicted octanol–water partition coefficient (Wildman–Crippen LogP) is 2.56. The van der Waals surface area contributed by atoms with Gasteiger partial charge in [0.2, 0.25) is 5.91 Å². The largest absolute Gasteiger partial charge is 0.497 e. The fourth-order valence-electron chi connectivity index (χ4n) is 1.85. The molecule has 0 saturated heterocycles. The number of halogens is 1. The van der Waals surface area contributed by atoms with Crippen LogP contribution >= 0.6 is 0 Å². The summed E-state index contributed by atoms with van der Waals surface area (Å²) in [5, 5.41) is 5.73. The van der Waals surface area contributed by atoms with Crippen LogP contribution in [0.4, 0.5) is 10.1 Å². The first kappa shape index (κ1) is 15.0. The fourth-order valence-corrected chi connectivity index (χ4v) is 1.85. The Kier molecular flexibility index (Phi) is 5.29. The molecular formula is C16H17FN2O2. The highest BCUT2D eigenvalue weighted by Gasteiger charge is 2.02. The van der Waals surface area contributed by atoms with Crippen LogP contribution in [0.3, 0.4) is 0 Å². The molecule has 0 aliphatic heterocycles. The summed E-state index contributed by atoms with van der Waals surface area (Å²) in [7, 11) is 1.59. The van der Waals surface area contributed by atoms with Crippen LogP contribution in [0, 0.1) is 5.82 Å². The van der Waals surface area contributed by atoms with Gasteiger partial charge in [-0.3, -0.25) is 4.79 Å². The topological polar surface area (TPSA) is 50.4 Å². The molecule has 110 valence electrons. The second-order valence-corrected chi connectivity index (χ2v) is 4.51. The number of amides is 1. The van der Waals surface area contributed by atoms with E-state index in [0.717, 1.165) is 11.3 Å². The average Bonchev–Trinajstić information content (AvgIpc) is 2.48. The van der Waals surface area contributed by atoms with Gasteiger partial charge in [0.05, 0.1) is 13.7 Å². The summed E-state index contributed by atoms with van der Waals surface area (Å²) in [6, 6.07) is 13.4. The number of carbonyl (C=O) groups excluding carboxylic acids is 1. The van der Waals surface area contributed by atoms with Crippen molar-refractivity contribution in [2.75, 3.05) is 19.0 Å². The van der Waals surface area contributed by atoms with Crippen molar-refractivity contribution < 1.29 is 13.9 Å². The molecule has 0 atom stereocenters. The van der Waals surface area contributed by atoms with Gasteiger partial charge in [-0.05, 0) is 42.0 Å². The van der Waals surface area contributed by atoms with Crippen LogP contribution in [0.5, 0.6) is 5.75 Å². The molecule has 5 heteroatoms. The van der Waals surface area contributed by atoms with Gasteiger partial charge in [0, 0.05) is 12.2 Å². The first-order valence-corrected chi connectivity index (χ1v) is 6.56. The molecule has 2 aromatic carbocycles. The molecule has 1 amide bonds. The minimum absolute atomic E-state index is 0.155. The molecule has 0 aliphatic carbocycles. The van der Waals surface area contributed by atoms with Crippen LogP contribution in [0.15, 0.2) is 48.5 Å². The Morgan fingerprint density at radius 3 is 2.62 bits per heavy atom. The van der Waals surface area contributed by atoms with E-state index in [9.17, 15) is 9.18 Å². The highest BCUT2D eigenvalue weighted by molar-refractivity contribution is 5.92. The Balaban J connectivity index is 1.76. The lowest BCUT2D eigenvalue weighted by molar-refractivity contribution is -0.115. The van der Waals surface area contributed by atoms with E-state index in [0.29, 0.717) is 12.2 Å². The molecule has 21 heavy (non-hydrogen) atoms. The fraction of sp³-hybridized carbons (Fsp3) is 0.188. The number of nitrogens with one attached hydrogen (secondary N) is 2. The lowest BCUT2D eigenvalue weighted by Gasteiger charge is -2.07. The molecular weight excluding hydrogens is 271 g/mol. The van der Waals surface area contributed by atoms with Gasteiger partial charge in [-0.2, -0.15) is 0 Å². The maximum absolute atomic E-state index is 13.0. The van der Waals surface area contributed by atoms with E-state index >= 15 is 0 Å². The number of benzene rings is 2. The number of methoxy groups -OCH3 is 1. The molecule has 4 nitrogen and oxygen atoms in total. The van der Waals surface area contributed by atoms with Crippen molar-refractivity contribution in [3.63, 3.8) is 0 Å². The normalized spacial score (nSPS) is 10.2. The number of rotatable bonds is 6. The van der Waals surface area contributed by atoms with Crippen LogP contribution in [-0.2, 0) is 11.3 Å². The van der Waals surface area contributed by atoms with E-state index in [4.69, 9.17) is 4.74 Å². The van der Waals surface area contributed by atoms with Crippen molar-refractivity contribution in [2.45, 2.75) is 6.54 Å². The first-order chi connectivity index (χ1) is 10.2. The van der Waals surface area contributed by atoms with Crippen LogP contribution in [0.25, 0.3) is 0 Å². The zero-order chi connectivity index (χ0) is 15.1. The van der Waals surface area contributed by atoms with Gasteiger partial charge in [-0.15, -0.1) is 0 Å². The summed E-state index contributed by atoms with van der Waals surface area (Å²) >= 11 is 0. The molecule has 0 saturated carbocycles. The molecule has 0 radical (unpaired) electrons. The molecule has 0 unspecified atom stereocenters. The van der Waals surface area contributed by atoms with Crippen LogP contribution < -0.4 is 15.4 Å². The molecule has 0 aromatic heterocycles. The molecule has 2 N–H and O–H groups in total.